The molecule has 1 saturated heterocycles. The van der Waals surface area contributed by atoms with Gasteiger partial charge in [-0.1, -0.05) is 18.2 Å². The van der Waals surface area contributed by atoms with Crippen molar-refractivity contribution >= 4 is 23.4 Å². The van der Waals surface area contributed by atoms with Crippen LogP contribution in [-0.4, -0.2) is 35.0 Å². The number of fused-ring (bicyclic) bond motifs is 1. The van der Waals surface area contributed by atoms with Crippen LogP contribution in [0.1, 0.15) is 34.5 Å². The van der Waals surface area contributed by atoms with Gasteiger partial charge in [0.05, 0.1) is 12.2 Å². The quantitative estimate of drug-likeness (QED) is 0.788. The first-order valence-corrected chi connectivity index (χ1v) is 8.64. The molecule has 0 aliphatic carbocycles. The average molecular weight is 338 g/mol. The summed E-state index contributed by atoms with van der Waals surface area (Å²) in [6.45, 7) is 4.09. The molecule has 25 heavy (non-hydrogen) atoms. The molecular weight excluding hydrogens is 316 g/mol. The monoisotopic (exact) mass is 338 g/mol. The van der Waals surface area contributed by atoms with Crippen LogP contribution in [-0.2, 0) is 6.54 Å². The van der Waals surface area contributed by atoms with Gasteiger partial charge < -0.3 is 21.3 Å². The van der Waals surface area contributed by atoms with Crippen LogP contribution in [0.4, 0.5) is 17.5 Å². The maximum absolute atomic E-state index is 12.2. The van der Waals surface area contributed by atoms with E-state index in [2.05, 4.69) is 25.5 Å². The van der Waals surface area contributed by atoms with Gasteiger partial charge in [0.25, 0.3) is 5.91 Å². The van der Waals surface area contributed by atoms with Crippen molar-refractivity contribution in [2.45, 2.75) is 32.4 Å². The molecule has 4 rings (SSSR count). The largest absolute Gasteiger partial charge is 0.346 e. The Hall–Kier alpha value is -2.67. The molecule has 1 aromatic carbocycles. The van der Waals surface area contributed by atoms with Crippen LogP contribution in [0.5, 0.6) is 0 Å². The van der Waals surface area contributed by atoms with E-state index in [4.69, 9.17) is 5.73 Å². The number of para-hydroxylation sites is 1. The molecule has 0 spiro atoms. The third-order valence-corrected chi connectivity index (χ3v) is 4.75. The minimum Gasteiger partial charge on any atom is -0.346 e. The number of nitrogens with one attached hydrogen (secondary N) is 2. The number of carbonyl (C=O) groups excluding carboxylic acids is 1. The zero-order valence-electron chi connectivity index (χ0n) is 14.2. The second-order valence-electron chi connectivity index (χ2n) is 6.66. The van der Waals surface area contributed by atoms with E-state index in [0.29, 0.717) is 23.9 Å². The highest BCUT2D eigenvalue weighted by atomic mass is 16.2. The van der Waals surface area contributed by atoms with Crippen molar-refractivity contribution in [1.29, 1.82) is 0 Å². The van der Waals surface area contributed by atoms with Gasteiger partial charge in [-0.05, 0) is 31.4 Å². The molecule has 0 saturated carbocycles. The minimum atomic E-state index is -0.132. The zero-order valence-corrected chi connectivity index (χ0v) is 14.2. The highest BCUT2D eigenvalue weighted by Gasteiger charge is 2.29. The number of aryl methyl sites for hydroxylation is 1. The topological polar surface area (TPSA) is 96.2 Å². The molecule has 1 aromatic heterocycles. The molecule has 0 bridgehead atoms. The Labute approximate surface area is 146 Å². The van der Waals surface area contributed by atoms with Gasteiger partial charge in [0.15, 0.2) is 0 Å². The number of nitrogens with zero attached hydrogens (tertiary/aromatic N) is 3. The zero-order chi connectivity index (χ0) is 17.4. The van der Waals surface area contributed by atoms with Gasteiger partial charge in [0, 0.05) is 24.8 Å². The number of hydrogen-bond donors (Lipinski definition) is 3. The summed E-state index contributed by atoms with van der Waals surface area (Å²) in [5.74, 6) is 1.07. The Morgan fingerprint density at radius 1 is 1.32 bits per heavy atom. The van der Waals surface area contributed by atoms with E-state index < -0.39 is 0 Å². The second-order valence-corrected chi connectivity index (χ2v) is 6.66. The molecule has 2 aromatic rings. The standard InChI is InChI=1S/C18H22N6O/c1-11-5-2-3-7-13(11)21-16-15-14(9-20-17(15)25)22-18(23-16)24-8-4-6-12(19)10-24/h2-3,5,7,12H,4,6,8-10,19H2,1H3,(H,20,25)(H,21,22,23). The summed E-state index contributed by atoms with van der Waals surface area (Å²) >= 11 is 0. The summed E-state index contributed by atoms with van der Waals surface area (Å²) in [4.78, 5) is 23.6. The maximum atomic E-state index is 12.2. The number of carbonyl (C=O) groups is 1. The van der Waals surface area contributed by atoms with Crippen molar-refractivity contribution in [3.63, 3.8) is 0 Å². The summed E-state index contributed by atoms with van der Waals surface area (Å²) in [6.07, 6.45) is 2.05. The third-order valence-electron chi connectivity index (χ3n) is 4.75. The lowest BCUT2D eigenvalue weighted by Gasteiger charge is -2.31. The molecule has 1 amide bonds. The van der Waals surface area contributed by atoms with Gasteiger partial charge in [0.1, 0.15) is 11.4 Å². The lowest BCUT2D eigenvalue weighted by molar-refractivity contribution is 0.0966. The fourth-order valence-corrected chi connectivity index (χ4v) is 3.38. The highest BCUT2D eigenvalue weighted by Crippen LogP contribution is 2.29. The Morgan fingerprint density at radius 3 is 2.96 bits per heavy atom. The molecule has 2 aliphatic rings. The summed E-state index contributed by atoms with van der Waals surface area (Å²) in [5.41, 5.74) is 9.40. The summed E-state index contributed by atoms with van der Waals surface area (Å²) in [6, 6.07) is 8.08. The summed E-state index contributed by atoms with van der Waals surface area (Å²) < 4.78 is 0. The van der Waals surface area contributed by atoms with Crippen molar-refractivity contribution in [3.05, 3.63) is 41.1 Å². The van der Waals surface area contributed by atoms with Crippen molar-refractivity contribution in [3.8, 4) is 0 Å². The van der Waals surface area contributed by atoms with E-state index in [0.717, 1.165) is 42.9 Å². The van der Waals surface area contributed by atoms with Gasteiger partial charge in [-0.25, -0.2) is 4.98 Å². The van der Waals surface area contributed by atoms with Crippen LogP contribution in [0.25, 0.3) is 0 Å². The summed E-state index contributed by atoms with van der Waals surface area (Å²) in [5, 5.41) is 6.16. The molecule has 3 heterocycles. The number of nitrogens with two attached hydrogens (primary N) is 1. The van der Waals surface area contributed by atoms with Gasteiger partial charge >= 0.3 is 0 Å². The van der Waals surface area contributed by atoms with E-state index in [9.17, 15) is 4.79 Å². The van der Waals surface area contributed by atoms with E-state index in [-0.39, 0.29) is 11.9 Å². The Balaban J connectivity index is 1.74. The first kappa shape index (κ1) is 15.8. The molecule has 1 unspecified atom stereocenters. The summed E-state index contributed by atoms with van der Waals surface area (Å²) in [7, 11) is 0. The van der Waals surface area contributed by atoms with E-state index >= 15 is 0 Å². The van der Waals surface area contributed by atoms with Crippen LogP contribution in [0.2, 0.25) is 0 Å². The number of aromatic nitrogens is 2. The lowest BCUT2D eigenvalue weighted by Crippen LogP contribution is -2.43. The van der Waals surface area contributed by atoms with Gasteiger partial charge in [0.2, 0.25) is 5.95 Å². The molecule has 130 valence electrons. The molecular formula is C18H22N6O. The minimum absolute atomic E-state index is 0.132. The van der Waals surface area contributed by atoms with Gasteiger partial charge in [-0.2, -0.15) is 4.98 Å². The fourth-order valence-electron chi connectivity index (χ4n) is 3.38. The number of rotatable bonds is 3. The van der Waals surface area contributed by atoms with Gasteiger partial charge in [-0.15, -0.1) is 0 Å². The number of benzene rings is 1. The number of amides is 1. The van der Waals surface area contributed by atoms with Crippen LogP contribution in [0, 0.1) is 6.92 Å². The molecule has 1 fully saturated rings. The SMILES string of the molecule is Cc1ccccc1Nc1nc(N2CCCC(N)C2)nc2c1C(=O)NC2. The van der Waals surface area contributed by atoms with Crippen LogP contribution in [0.15, 0.2) is 24.3 Å². The normalized spacial score (nSPS) is 19.5. The van der Waals surface area contributed by atoms with E-state index in [1.807, 2.05) is 31.2 Å². The second kappa shape index (κ2) is 6.33. The van der Waals surface area contributed by atoms with Crippen molar-refractivity contribution in [2.75, 3.05) is 23.3 Å². The van der Waals surface area contributed by atoms with Crippen molar-refractivity contribution in [1.82, 2.24) is 15.3 Å². The van der Waals surface area contributed by atoms with E-state index in [1.165, 1.54) is 0 Å². The van der Waals surface area contributed by atoms with Crippen LogP contribution in [0.3, 0.4) is 0 Å². The molecule has 4 N–H and O–H groups in total. The van der Waals surface area contributed by atoms with Crippen LogP contribution >= 0.6 is 0 Å². The number of anilines is 3. The smallest absolute Gasteiger partial charge is 0.257 e. The molecule has 2 aliphatic heterocycles. The Morgan fingerprint density at radius 2 is 2.16 bits per heavy atom. The predicted molar refractivity (Wildman–Crippen MR) is 97.1 cm³/mol. The molecule has 7 heteroatoms. The lowest BCUT2D eigenvalue weighted by atomic mass is 10.1. The van der Waals surface area contributed by atoms with E-state index in [1.54, 1.807) is 0 Å². The predicted octanol–water partition coefficient (Wildman–Crippen LogP) is 1.70. The number of hydrogen-bond acceptors (Lipinski definition) is 6. The molecule has 1 atom stereocenters. The molecule has 0 radical (unpaired) electrons. The Kier molecular flexibility index (Phi) is 4.01. The first-order valence-electron chi connectivity index (χ1n) is 8.64. The number of piperidine rings is 1. The molecule has 7 nitrogen and oxygen atoms in total. The average Bonchev–Trinajstić information content (AvgIpc) is 2.98. The third kappa shape index (κ3) is 3.02. The van der Waals surface area contributed by atoms with Crippen LogP contribution < -0.4 is 21.3 Å². The van der Waals surface area contributed by atoms with Crippen molar-refractivity contribution < 1.29 is 4.79 Å². The van der Waals surface area contributed by atoms with Crippen molar-refractivity contribution in [2.24, 2.45) is 5.73 Å². The highest BCUT2D eigenvalue weighted by molar-refractivity contribution is 6.03. The first-order chi connectivity index (χ1) is 12.1. The van der Waals surface area contributed by atoms with Gasteiger partial charge in [-0.3, -0.25) is 4.79 Å². The fraction of sp³-hybridized carbons (Fsp3) is 0.389. The maximum Gasteiger partial charge on any atom is 0.257 e. The Bertz CT molecular complexity index is 821.